The lowest BCUT2D eigenvalue weighted by Gasteiger charge is -1.96. The molecule has 0 heterocycles. The highest BCUT2D eigenvalue weighted by Gasteiger charge is 2.01. The summed E-state index contributed by atoms with van der Waals surface area (Å²) in [6.07, 6.45) is 2.04. The highest BCUT2D eigenvalue weighted by atomic mass is 127. The molecule has 0 N–H and O–H groups in total. The molecule has 1 aromatic rings. The van der Waals surface area contributed by atoms with Crippen LogP contribution in [0, 0.1) is 3.57 Å². The van der Waals surface area contributed by atoms with E-state index in [4.69, 9.17) is 0 Å². The Kier molecular flexibility index (Phi) is 3.47. The van der Waals surface area contributed by atoms with Gasteiger partial charge in [0.25, 0.3) is 0 Å². The highest BCUT2D eigenvalue weighted by molar-refractivity contribution is 14.1. The maximum Gasteiger partial charge on any atom is 0.166 e. The topological polar surface area (TPSA) is 17.1 Å². The fourth-order valence-electron chi connectivity index (χ4n) is 0.885. The first-order valence-corrected chi connectivity index (χ1v) is 4.71. The predicted molar refractivity (Wildman–Crippen MR) is 58.3 cm³/mol. The van der Waals surface area contributed by atoms with Crippen molar-refractivity contribution in [2.24, 2.45) is 0 Å². The molecule has 0 unspecified atom stereocenters. The third-order valence-electron chi connectivity index (χ3n) is 1.50. The van der Waals surface area contributed by atoms with E-state index in [0.29, 0.717) is 6.42 Å². The Morgan fingerprint density at radius 3 is 2.50 bits per heavy atom. The Morgan fingerprint density at radius 2 is 2.00 bits per heavy atom. The molecule has 0 amide bonds. The first-order chi connectivity index (χ1) is 5.74. The minimum atomic E-state index is 0.126. The summed E-state index contributed by atoms with van der Waals surface area (Å²) in [5.74, 6) is 0.126. The van der Waals surface area contributed by atoms with E-state index in [1.807, 2.05) is 24.3 Å². The summed E-state index contributed by atoms with van der Waals surface area (Å²) in [5, 5.41) is 0. The van der Waals surface area contributed by atoms with Gasteiger partial charge in [-0.15, -0.1) is 6.58 Å². The van der Waals surface area contributed by atoms with Crippen molar-refractivity contribution >= 4 is 28.4 Å². The third kappa shape index (κ3) is 2.44. The van der Waals surface area contributed by atoms with Crippen LogP contribution in [0.5, 0.6) is 0 Å². The minimum absolute atomic E-state index is 0.126. The van der Waals surface area contributed by atoms with E-state index in [1.165, 1.54) is 0 Å². The SMILES string of the molecule is C=CCC(=O)c1ccc(I)cc1. The second kappa shape index (κ2) is 4.40. The van der Waals surface area contributed by atoms with Gasteiger partial charge in [0.1, 0.15) is 0 Å². The maximum atomic E-state index is 11.3. The Balaban J connectivity index is 2.82. The summed E-state index contributed by atoms with van der Waals surface area (Å²) >= 11 is 2.21. The zero-order valence-corrected chi connectivity index (χ0v) is 8.74. The molecule has 0 bridgehead atoms. The molecule has 0 fully saturated rings. The molecule has 0 atom stereocenters. The van der Waals surface area contributed by atoms with E-state index < -0.39 is 0 Å². The summed E-state index contributed by atoms with van der Waals surface area (Å²) in [4.78, 5) is 11.3. The third-order valence-corrected chi connectivity index (χ3v) is 2.22. The van der Waals surface area contributed by atoms with Gasteiger partial charge >= 0.3 is 0 Å². The van der Waals surface area contributed by atoms with Crippen LogP contribution in [-0.4, -0.2) is 5.78 Å². The van der Waals surface area contributed by atoms with Gasteiger partial charge in [0.15, 0.2) is 5.78 Å². The Hall–Kier alpha value is -0.640. The predicted octanol–water partition coefficient (Wildman–Crippen LogP) is 3.05. The zero-order chi connectivity index (χ0) is 8.97. The Morgan fingerprint density at radius 1 is 1.42 bits per heavy atom. The molecule has 12 heavy (non-hydrogen) atoms. The molecule has 0 aromatic heterocycles. The number of hydrogen-bond donors (Lipinski definition) is 0. The standard InChI is InChI=1S/C10H9IO/c1-2-3-10(12)8-4-6-9(11)7-5-8/h2,4-7H,1,3H2. The van der Waals surface area contributed by atoms with Crippen LogP contribution in [0.3, 0.4) is 0 Å². The number of benzene rings is 1. The summed E-state index contributed by atoms with van der Waals surface area (Å²) in [5.41, 5.74) is 0.760. The van der Waals surface area contributed by atoms with Crippen LogP contribution in [0.25, 0.3) is 0 Å². The van der Waals surface area contributed by atoms with E-state index in [2.05, 4.69) is 29.2 Å². The van der Waals surface area contributed by atoms with Crippen LogP contribution >= 0.6 is 22.6 Å². The van der Waals surface area contributed by atoms with Gasteiger partial charge in [-0.1, -0.05) is 18.2 Å². The number of rotatable bonds is 3. The van der Waals surface area contributed by atoms with Crippen LogP contribution < -0.4 is 0 Å². The van der Waals surface area contributed by atoms with Crippen LogP contribution in [-0.2, 0) is 0 Å². The van der Waals surface area contributed by atoms with Crippen molar-refractivity contribution in [2.75, 3.05) is 0 Å². The van der Waals surface area contributed by atoms with Gasteiger partial charge in [0.05, 0.1) is 0 Å². The van der Waals surface area contributed by atoms with Crippen molar-refractivity contribution in [3.05, 3.63) is 46.1 Å². The Labute approximate surface area is 85.6 Å². The van der Waals surface area contributed by atoms with Crippen molar-refractivity contribution in [2.45, 2.75) is 6.42 Å². The van der Waals surface area contributed by atoms with Gasteiger partial charge in [-0.05, 0) is 34.7 Å². The van der Waals surface area contributed by atoms with E-state index in [1.54, 1.807) is 6.08 Å². The van der Waals surface area contributed by atoms with Crippen molar-refractivity contribution in [1.29, 1.82) is 0 Å². The zero-order valence-electron chi connectivity index (χ0n) is 6.59. The van der Waals surface area contributed by atoms with Crippen molar-refractivity contribution in [1.82, 2.24) is 0 Å². The molecule has 0 saturated carbocycles. The monoisotopic (exact) mass is 272 g/mol. The smallest absolute Gasteiger partial charge is 0.166 e. The number of hydrogen-bond acceptors (Lipinski definition) is 1. The normalized spacial score (nSPS) is 9.42. The second-order valence-corrected chi connectivity index (χ2v) is 3.67. The molecule has 1 rings (SSSR count). The fraction of sp³-hybridized carbons (Fsp3) is 0.100. The largest absolute Gasteiger partial charge is 0.294 e. The van der Waals surface area contributed by atoms with Gasteiger partial charge in [-0.25, -0.2) is 0 Å². The summed E-state index contributed by atoms with van der Waals surface area (Å²) in [6.45, 7) is 3.52. The molecule has 0 spiro atoms. The highest BCUT2D eigenvalue weighted by Crippen LogP contribution is 2.08. The lowest BCUT2D eigenvalue weighted by Crippen LogP contribution is -1.95. The van der Waals surface area contributed by atoms with Crippen LogP contribution in [0.2, 0.25) is 0 Å². The quantitative estimate of drug-likeness (QED) is 0.469. The number of Topliss-reactive ketones (excluding diaryl/α,β-unsaturated/α-hetero) is 1. The molecule has 0 aliphatic carbocycles. The average molecular weight is 272 g/mol. The molecular weight excluding hydrogens is 263 g/mol. The molecule has 1 aromatic carbocycles. The summed E-state index contributed by atoms with van der Waals surface area (Å²) in [7, 11) is 0. The van der Waals surface area contributed by atoms with Crippen molar-refractivity contribution in [3.63, 3.8) is 0 Å². The minimum Gasteiger partial charge on any atom is -0.294 e. The van der Waals surface area contributed by atoms with E-state index in [-0.39, 0.29) is 5.78 Å². The molecule has 1 nitrogen and oxygen atoms in total. The summed E-state index contributed by atoms with van der Waals surface area (Å²) in [6, 6.07) is 7.54. The number of carbonyl (C=O) groups excluding carboxylic acids is 1. The molecule has 0 aliphatic heterocycles. The van der Waals surface area contributed by atoms with E-state index in [9.17, 15) is 4.79 Å². The van der Waals surface area contributed by atoms with Gasteiger partial charge in [0.2, 0.25) is 0 Å². The molecule has 0 saturated heterocycles. The number of ketones is 1. The summed E-state index contributed by atoms with van der Waals surface area (Å²) < 4.78 is 1.14. The molecule has 0 radical (unpaired) electrons. The number of allylic oxidation sites excluding steroid dienone is 1. The number of halogens is 1. The first kappa shape index (κ1) is 9.45. The van der Waals surface area contributed by atoms with Crippen molar-refractivity contribution in [3.8, 4) is 0 Å². The molecule has 2 heteroatoms. The van der Waals surface area contributed by atoms with E-state index >= 15 is 0 Å². The van der Waals surface area contributed by atoms with Crippen LogP contribution in [0.1, 0.15) is 16.8 Å². The van der Waals surface area contributed by atoms with Gasteiger partial charge in [-0.2, -0.15) is 0 Å². The van der Waals surface area contributed by atoms with Gasteiger partial charge in [-0.3, -0.25) is 4.79 Å². The van der Waals surface area contributed by atoms with Crippen molar-refractivity contribution < 1.29 is 4.79 Å². The average Bonchev–Trinajstić information content (AvgIpc) is 2.06. The lowest BCUT2D eigenvalue weighted by molar-refractivity contribution is 0.0996. The van der Waals surface area contributed by atoms with Gasteiger partial charge in [0, 0.05) is 15.6 Å². The second-order valence-electron chi connectivity index (χ2n) is 2.42. The molecular formula is C10H9IO. The fourth-order valence-corrected chi connectivity index (χ4v) is 1.24. The Bertz CT molecular complexity index is 287. The number of carbonyl (C=O) groups is 1. The van der Waals surface area contributed by atoms with Crippen LogP contribution in [0.4, 0.5) is 0 Å². The lowest BCUT2D eigenvalue weighted by atomic mass is 10.1. The van der Waals surface area contributed by atoms with E-state index in [0.717, 1.165) is 9.13 Å². The maximum absolute atomic E-state index is 11.3. The van der Waals surface area contributed by atoms with Gasteiger partial charge < -0.3 is 0 Å². The molecule has 62 valence electrons. The van der Waals surface area contributed by atoms with Crippen LogP contribution in [0.15, 0.2) is 36.9 Å². The molecule has 0 aliphatic rings. The first-order valence-electron chi connectivity index (χ1n) is 3.63.